The molecule has 170 valence electrons. The summed E-state index contributed by atoms with van der Waals surface area (Å²) in [7, 11) is 1.67. The van der Waals surface area contributed by atoms with Crippen LogP contribution in [0.15, 0.2) is 23.4 Å². The average molecular weight is 475 g/mol. The van der Waals surface area contributed by atoms with Crippen LogP contribution < -0.4 is 4.74 Å². The number of fused-ring (bicyclic) bond motifs is 1. The number of piperazine rings is 1. The molecule has 1 amide bonds. The van der Waals surface area contributed by atoms with Crippen LogP contribution in [-0.4, -0.2) is 74.8 Å². The number of rotatable bonds is 6. The summed E-state index contributed by atoms with van der Waals surface area (Å²) in [4.78, 5) is 26.3. The summed E-state index contributed by atoms with van der Waals surface area (Å²) in [6.07, 6.45) is 2.25. The second kappa shape index (κ2) is 9.64. The Labute approximate surface area is 196 Å². The van der Waals surface area contributed by atoms with Gasteiger partial charge in [0.2, 0.25) is 11.1 Å². The van der Waals surface area contributed by atoms with E-state index in [2.05, 4.69) is 20.0 Å². The first kappa shape index (κ1) is 22.8. The molecule has 3 heterocycles. The summed E-state index contributed by atoms with van der Waals surface area (Å²) >= 11 is 7.64. The zero-order chi connectivity index (χ0) is 22.8. The smallest absolute Gasteiger partial charge is 0.253 e. The maximum absolute atomic E-state index is 13.1. The van der Waals surface area contributed by atoms with Gasteiger partial charge in [-0.05, 0) is 38.3 Å². The number of carbonyl (C=O) groups excluding carboxylic acids is 1. The normalized spacial score (nSPS) is 14.8. The molecular weight excluding hydrogens is 448 g/mol. The molecular formula is C22H27ClN6O2S. The lowest BCUT2D eigenvalue weighted by molar-refractivity contribution is -0.132. The molecule has 0 aliphatic carbocycles. The van der Waals surface area contributed by atoms with Gasteiger partial charge in [-0.25, -0.2) is 9.50 Å². The Kier molecular flexibility index (Phi) is 6.88. The Bertz CT molecular complexity index is 1140. The van der Waals surface area contributed by atoms with Crippen LogP contribution in [0.2, 0.25) is 5.02 Å². The quantitative estimate of drug-likeness (QED) is 0.508. The predicted molar refractivity (Wildman–Crippen MR) is 126 cm³/mol. The Morgan fingerprint density at radius 1 is 1.19 bits per heavy atom. The maximum Gasteiger partial charge on any atom is 0.253 e. The van der Waals surface area contributed by atoms with E-state index in [0.29, 0.717) is 35.5 Å². The molecule has 8 nitrogen and oxygen atoms in total. The molecule has 0 unspecified atom stereocenters. The van der Waals surface area contributed by atoms with Gasteiger partial charge in [-0.3, -0.25) is 9.69 Å². The summed E-state index contributed by atoms with van der Waals surface area (Å²) in [6, 6.07) is 5.67. The number of aryl methyl sites for hydroxylation is 2. The van der Waals surface area contributed by atoms with Crippen molar-refractivity contribution in [3.63, 3.8) is 0 Å². The third-order valence-electron chi connectivity index (χ3n) is 5.90. The molecule has 1 aromatic carbocycles. The van der Waals surface area contributed by atoms with Gasteiger partial charge in [0.1, 0.15) is 5.75 Å². The highest BCUT2D eigenvalue weighted by Crippen LogP contribution is 2.25. The summed E-state index contributed by atoms with van der Waals surface area (Å²) in [5.41, 5.74) is 3.73. The van der Waals surface area contributed by atoms with Gasteiger partial charge in [0.25, 0.3) is 5.78 Å². The molecule has 1 aliphatic rings. The molecule has 0 radical (unpaired) electrons. The molecule has 1 aliphatic heterocycles. The van der Waals surface area contributed by atoms with E-state index in [1.54, 1.807) is 11.6 Å². The Morgan fingerprint density at radius 2 is 1.94 bits per heavy atom. The monoisotopic (exact) mass is 474 g/mol. The molecule has 1 saturated heterocycles. The molecule has 1 fully saturated rings. The van der Waals surface area contributed by atoms with Crippen molar-refractivity contribution in [1.29, 1.82) is 0 Å². The largest absolute Gasteiger partial charge is 0.496 e. The lowest BCUT2D eigenvalue weighted by atomic mass is 10.1. The number of carbonyl (C=O) groups is 1. The summed E-state index contributed by atoms with van der Waals surface area (Å²) in [6.45, 7) is 7.63. The second-order valence-electron chi connectivity index (χ2n) is 7.86. The van der Waals surface area contributed by atoms with E-state index in [9.17, 15) is 4.79 Å². The fourth-order valence-corrected chi connectivity index (χ4v) is 4.59. The zero-order valence-corrected chi connectivity index (χ0v) is 20.3. The molecule has 0 saturated carbocycles. The van der Waals surface area contributed by atoms with Gasteiger partial charge in [0, 0.05) is 60.3 Å². The number of hydrogen-bond acceptors (Lipinski definition) is 7. The summed E-state index contributed by atoms with van der Waals surface area (Å²) in [5.74, 6) is 1.52. The Hall–Kier alpha value is -2.36. The van der Waals surface area contributed by atoms with Crippen LogP contribution in [0.25, 0.3) is 5.78 Å². The predicted octanol–water partition coefficient (Wildman–Crippen LogP) is 3.01. The van der Waals surface area contributed by atoms with E-state index >= 15 is 0 Å². The minimum atomic E-state index is 0.113. The summed E-state index contributed by atoms with van der Waals surface area (Å²) < 4.78 is 7.19. The summed E-state index contributed by atoms with van der Waals surface area (Å²) in [5, 5.41) is 5.85. The van der Waals surface area contributed by atoms with E-state index in [4.69, 9.17) is 16.3 Å². The van der Waals surface area contributed by atoms with Gasteiger partial charge in [0.15, 0.2) is 0 Å². The highest BCUT2D eigenvalue weighted by atomic mass is 35.5. The van der Waals surface area contributed by atoms with Crippen molar-refractivity contribution in [1.82, 2.24) is 29.4 Å². The average Bonchev–Trinajstić information content (AvgIpc) is 3.20. The van der Waals surface area contributed by atoms with Gasteiger partial charge >= 0.3 is 0 Å². The first-order valence-corrected chi connectivity index (χ1v) is 12.1. The van der Waals surface area contributed by atoms with Gasteiger partial charge in [0.05, 0.1) is 13.5 Å². The standard InChI is InChI=1S/C22H27ClN6O2S/c1-14-18(15(2)29-21(24-14)25-22(26-29)32-4)12-20(30)28-9-7-27(8-10-28)13-16-11-17(23)5-6-19(16)31-3/h5-6,11H,7-10,12-13H2,1-4H3. The van der Waals surface area contributed by atoms with Crippen LogP contribution in [0.4, 0.5) is 0 Å². The fourth-order valence-electron chi connectivity index (χ4n) is 4.06. The number of thioether (sulfide) groups is 1. The third kappa shape index (κ3) is 4.69. The lowest BCUT2D eigenvalue weighted by Crippen LogP contribution is -2.48. The van der Waals surface area contributed by atoms with E-state index in [0.717, 1.165) is 47.9 Å². The zero-order valence-electron chi connectivity index (χ0n) is 18.8. The molecule has 0 bridgehead atoms. The van der Waals surface area contributed by atoms with E-state index in [1.807, 2.05) is 43.2 Å². The molecule has 0 N–H and O–H groups in total. The van der Waals surface area contributed by atoms with Gasteiger partial charge in [-0.15, -0.1) is 5.10 Å². The van der Waals surface area contributed by atoms with Crippen LogP contribution >= 0.6 is 23.4 Å². The first-order chi connectivity index (χ1) is 15.4. The minimum Gasteiger partial charge on any atom is -0.496 e. The number of aromatic nitrogens is 4. The van der Waals surface area contributed by atoms with Crippen LogP contribution in [-0.2, 0) is 17.8 Å². The minimum absolute atomic E-state index is 0.113. The molecule has 2 aromatic heterocycles. The van der Waals surface area contributed by atoms with Crippen molar-refractivity contribution in [2.75, 3.05) is 39.5 Å². The highest BCUT2D eigenvalue weighted by Gasteiger charge is 2.24. The lowest BCUT2D eigenvalue weighted by Gasteiger charge is -2.35. The molecule has 3 aromatic rings. The molecule has 0 spiro atoms. The number of ether oxygens (including phenoxy) is 1. The molecule has 4 rings (SSSR count). The topological polar surface area (TPSA) is 75.9 Å². The van der Waals surface area contributed by atoms with Gasteiger partial charge in [-0.2, -0.15) is 4.98 Å². The van der Waals surface area contributed by atoms with Crippen LogP contribution in [0.1, 0.15) is 22.5 Å². The van der Waals surface area contributed by atoms with Crippen LogP contribution in [0.3, 0.4) is 0 Å². The highest BCUT2D eigenvalue weighted by molar-refractivity contribution is 7.98. The third-order valence-corrected chi connectivity index (χ3v) is 6.67. The van der Waals surface area contributed by atoms with E-state index in [1.165, 1.54) is 11.8 Å². The van der Waals surface area contributed by atoms with Crippen molar-refractivity contribution >= 4 is 35.0 Å². The SMILES string of the molecule is COc1ccc(Cl)cc1CN1CCN(C(=O)Cc2c(C)nc3nc(SC)nn3c2C)CC1. The van der Waals surface area contributed by atoms with Crippen LogP contribution in [0, 0.1) is 13.8 Å². The molecule has 0 atom stereocenters. The number of hydrogen-bond donors (Lipinski definition) is 0. The fraction of sp³-hybridized carbons (Fsp3) is 0.455. The molecule has 32 heavy (non-hydrogen) atoms. The van der Waals surface area contributed by atoms with Crippen LogP contribution in [0.5, 0.6) is 5.75 Å². The first-order valence-electron chi connectivity index (χ1n) is 10.5. The maximum atomic E-state index is 13.1. The van der Waals surface area contributed by atoms with Crippen molar-refractivity contribution in [2.24, 2.45) is 0 Å². The number of amides is 1. The number of methoxy groups -OCH3 is 1. The second-order valence-corrected chi connectivity index (χ2v) is 9.07. The van der Waals surface area contributed by atoms with Crippen molar-refractivity contribution in [3.05, 3.63) is 45.7 Å². The Morgan fingerprint density at radius 3 is 2.62 bits per heavy atom. The van der Waals surface area contributed by atoms with E-state index < -0.39 is 0 Å². The van der Waals surface area contributed by atoms with Gasteiger partial charge < -0.3 is 9.64 Å². The van der Waals surface area contributed by atoms with E-state index in [-0.39, 0.29) is 5.91 Å². The van der Waals surface area contributed by atoms with Crippen molar-refractivity contribution in [2.45, 2.75) is 32.0 Å². The molecule has 10 heteroatoms. The number of nitrogens with zero attached hydrogens (tertiary/aromatic N) is 6. The van der Waals surface area contributed by atoms with Crippen molar-refractivity contribution in [3.8, 4) is 5.75 Å². The number of benzene rings is 1. The Balaban J connectivity index is 1.40. The van der Waals surface area contributed by atoms with Gasteiger partial charge in [-0.1, -0.05) is 23.4 Å². The van der Waals surface area contributed by atoms with Crippen molar-refractivity contribution < 1.29 is 9.53 Å². The number of halogens is 1.